The van der Waals surface area contributed by atoms with Crippen LogP contribution in [-0.2, 0) is 11.3 Å². The number of carbonyl (C=O) groups excluding carboxylic acids is 1. The van der Waals surface area contributed by atoms with E-state index in [1.165, 1.54) is 0 Å². The quantitative estimate of drug-likeness (QED) is 0.662. The van der Waals surface area contributed by atoms with Gasteiger partial charge in [-0.15, -0.1) is 0 Å². The van der Waals surface area contributed by atoms with Gasteiger partial charge in [0.15, 0.2) is 0 Å². The number of hydrogen-bond donors (Lipinski definition) is 2. The lowest BCUT2D eigenvalue weighted by molar-refractivity contribution is -0.121. The summed E-state index contributed by atoms with van der Waals surface area (Å²) in [5.41, 5.74) is 7.65. The van der Waals surface area contributed by atoms with Crippen LogP contribution in [0.25, 0.3) is 11.0 Å². The number of nitrogens with one attached hydrogen (secondary N) is 1. The fourth-order valence-electron chi connectivity index (χ4n) is 2.82. The zero-order valence-electron chi connectivity index (χ0n) is 14.1. The predicted octanol–water partition coefficient (Wildman–Crippen LogP) is 2.76. The van der Waals surface area contributed by atoms with Crippen molar-refractivity contribution in [3.8, 4) is 0 Å². The lowest BCUT2D eigenvalue weighted by atomic mass is 10.1. The van der Waals surface area contributed by atoms with E-state index in [4.69, 9.17) is 5.73 Å². The predicted molar refractivity (Wildman–Crippen MR) is 94.2 cm³/mol. The standard InChI is InChI=1S/C18H28N4O/c1-15-21-16-9-5-6-10-17(16)22(15)14-8-13-20-18(23)11-4-2-3-7-12-19/h5-6,9-10H,2-4,7-8,11-14,19H2,1H3,(H,20,23). The second-order valence-electron chi connectivity index (χ2n) is 5.96. The summed E-state index contributed by atoms with van der Waals surface area (Å²) >= 11 is 0. The van der Waals surface area contributed by atoms with Crippen molar-refractivity contribution in [1.82, 2.24) is 14.9 Å². The number of imidazole rings is 1. The van der Waals surface area contributed by atoms with Crippen LogP contribution in [0.3, 0.4) is 0 Å². The first-order valence-corrected chi connectivity index (χ1v) is 8.61. The van der Waals surface area contributed by atoms with Gasteiger partial charge >= 0.3 is 0 Å². The highest BCUT2D eigenvalue weighted by atomic mass is 16.1. The van der Waals surface area contributed by atoms with Gasteiger partial charge in [0, 0.05) is 19.5 Å². The summed E-state index contributed by atoms with van der Waals surface area (Å²) in [6.07, 6.45) is 5.76. The summed E-state index contributed by atoms with van der Waals surface area (Å²) in [6, 6.07) is 8.17. The number of nitrogens with zero attached hydrogens (tertiary/aromatic N) is 2. The lowest BCUT2D eigenvalue weighted by Crippen LogP contribution is -2.25. The first-order chi connectivity index (χ1) is 11.2. The van der Waals surface area contributed by atoms with Crippen LogP contribution in [0.4, 0.5) is 0 Å². The Morgan fingerprint density at radius 1 is 1.17 bits per heavy atom. The molecule has 1 amide bonds. The van der Waals surface area contributed by atoms with Crippen LogP contribution in [0.15, 0.2) is 24.3 Å². The SMILES string of the molecule is Cc1nc2ccccc2n1CCCNC(=O)CCCCCCN. The number of aryl methyl sites for hydroxylation is 2. The number of nitrogens with two attached hydrogens (primary N) is 1. The molecule has 0 saturated carbocycles. The van der Waals surface area contributed by atoms with E-state index in [1.807, 2.05) is 25.1 Å². The van der Waals surface area contributed by atoms with Gasteiger partial charge in [-0.05, 0) is 44.9 Å². The molecule has 0 fully saturated rings. The van der Waals surface area contributed by atoms with Crippen molar-refractivity contribution in [2.45, 2.75) is 52.0 Å². The van der Waals surface area contributed by atoms with Gasteiger partial charge < -0.3 is 15.6 Å². The summed E-state index contributed by atoms with van der Waals surface area (Å²) in [7, 11) is 0. The molecule has 1 heterocycles. The van der Waals surface area contributed by atoms with Gasteiger partial charge in [-0.2, -0.15) is 0 Å². The summed E-state index contributed by atoms with van der Waals surface area (Å²) in [6.45, 7) is 4.37. The Morgan fingerprint density at radius 3 is 2.78 bits per heavy atom. The minimum atomic E-state index is 0.157. The number of unbranched alkanes of at least 4 members (excludes halogenated alkanes) is 3. The zero-order valence-corrected chi connectivity index (χ0v) is 14.1. The fraction of sp³-hybridized carbons (Fsp3) is 0.556. The topological polar surface area (TPSA) is 72.9 Å². The first-order valence-electron chi connectivity index (χ1n) is 8.61. The maximum atomic E-state index is 11.8. The average Bonchev–Trinajstić information content (AvgIpc) is 2.87. The number of para-hydroxylation sites is 2. The molecule has 0 aliphatic rings. The third kappa shape index (κ3) is 5.36. The molecule has 2 aromatic rings. The average molecular weight is 316 g/mol. The molecule has 0 radical (unpaired) electrons. The molecule has 0 spiro atoms. The van der Waals surface area contributed by atoms with Gasteiger partial charge in [0.1, 0.15) is 5.82 Å². The Hall–Kier alpha value is -1.88. The van der Waals surface area contributed by atoms with Crippen molar-refractivity contribution >= 4 is 16.9 Å². The minimum absolute atomic E-state index is 0.157. The number of aromatic nitrogens is 2. The van der Waals surface area contributed by atoms with E-state index in [9.17, 15) is 4.79 Å². The van der Waals surface area contributed by atoms with Crippen LogP contribution in [0.2, 0.25) is 0 Å². The van der Waals surface area contributed by atoms with Crippen LogP contribution in [-0.4, -0.2) is 28.5 Å². The minimum Gasteiger partial charge on any atom is -0.356 e. The largest absolute Gasteiger partial charge is 0.356 e. The highest BCUT2D eigenvalue weighted by Gasteiger charge is 2.06. The van der Waals surface area contributed by atoms with Crippen molar-refractivity contribution in [2.75, 3.05) is 13.1 Å². The van der Waals surface area contributed by atoms with Gasteiger partial charge in [-0.25, -0.2) is 4.98 Å². The van der Waals surface area contributed by atoms with Crippen LogP contribution in [0, 0.1) is 6.92 Å². The highest BCUT2D eigenvalue weighted by Crippen LogP contribution is 2.15. The molecule has 0 saturated heterocycles. The Morgan fingerprint density at radius 2 is 1.96 bits per heavy atom. The third-order valence-corrected chi connectivity index (χ3v) is 4.08. The van der Waals surface area contributed by atoms with Crippen molar-refractivity contribution in [1.29, 1.82) is 0 Å². The molecule has 23 heavy (non-hydrogen) atoms. The number of amides is 1. The maximum absolute atomic E-state index is 11.8. The molecule has 0 aliphatic heterocycles. The van der Waals surface area contributed by atoms with E-state index in [2.05, 4.69) is 20.9 Å². The Balaban J connectivity index is 1.67. The van der Waals surface area contributed by atoms with Gasteiger partial charge in [0.2, 0.25) is 5.91 Å². The Bertz CT molecular complexity index is 621. The molecule has 3 N–H and O–H groups in total. The molecule has 0 aliphatic carbocycles. The molecule has 5 nitrogen and oxygen atoms in total. The second kappa shape index (κ2) is 9.30. The van der Waals surface area contributed by atoms with Crippen molar-refractivity contribution in [3.63, 3.8) is 0 Å². The molecular weight excluding hydrogens is 288 g/mol. The fourth-order valence-corrected chi connectivity index (χ4v) is 2.82. The molecule has 1 aromatic heterocycles. The maximum Gasteiger partial charge on any atom is 0.219 e. The number of carbonyl (C=O) groups is 1. The van der Waals surface area contributed by atoms with E-state index in [1.54, 1.807) is 0 Å². The number of fused-ring (bicyclic) bond motifs is 1. The third-order valence-electron chi connectivity index (χ3n) is 4.08. The number of benzene rings is 1. The monoisotopic (exact) mass is 316 g/mol. The van der Waals surface area contributed by atoms with Crippen LogP contribution >= 0.6 is 0 Å². The Kier molecular flexibility index (Phi) is 7.07. The smallest absolute Gasteiger partial charge is 0.219 e. The molecule has 0 bridgehead atoms. The Labute approximate surface area is 138 Å². The molecule has 0 atom stereocenters. The van der Waals surface area contributed by atoms with Crippen molar-refractivity contribution in [2.24, 2.45) is 5.73 Å². The van der Waals surface area contributed by atoms with E-state index < -0.39 is 0 Å². The van der Waals surface area contributed by atoms with Crippen molar-refractivity contribution < 1.29 is 4.79 Å². The first kappa shape index (κ1) is 17.5. The van der Waals surface area contributed by atoms with E-state index in [0.29, 0.717) is 13.0 Å². The molecule has 5 heteroatoms. The summed E-state index contributed by atoms with van der Waals surface area (Å²) in [5, 5.41) is 3.01. The van der Waals surface area contributed by atoms with Crippen molar-refractivity contribution in [3.05, 3.63) is 30.1 Å². The van der Waals surface area contributed by atoms with Gasteiger partial charge in [0.05, 0.1) is 11.0 Å². The highest BCUT2D eigenvalue weighted by molar-refractivity contribution is 5.76. The molecular formula is C18H28N4O. The second-order valence-corrected chi connectivity index (χ2v) is 5.96. The summed E-state index contributed by atoms with van der Waals surface area (Å²) in [4.78, 5) is 16.3. The molecule has 126 valence electrons. The van der Waals surface area contributed by atoms with Crippen LogP contribution in [0.5, 0.6) is 0 Å². The van der Waals surface area contributed by atoms with E-state index in [-0.39, 0.29) is 5.91 Å². The molecule has 1 aromatic carbocycles. The number of rotatable bonds is 10. The van der Waals surface area contributed by atoms with Gasteiger partial charge in [-0.1, -0.05) is 25.0 Å². The van der Waals surface area contributed by atoms with Gasteiger partial charge in [-0.3, -0.25) is 4.79 Å². The molecule has 0 unspecified atom stereocenters. The summed E-state index contributed by atoms with van der Waals surface area (Å²) < 4.78 is 2.22. The number of hydrogen-bond acceptors (Lipinski definition) is 3. The van der Waals surface area contributed by atoms with E-state index >= 15 is 0 Å². The summed E-state index contributed by atoms with van der Waals surface area (Å²) in [5.74, 6) is 1.18. The zero-order chi connectivity index (χ0) is 16.5. The van der Waals surface area contributed by atoms with E-state index in [0.717, 1.165) is 62.1 Å². The normalized spacial score (nSPS) is 11.0. The van der Waals surface area contributed by atoms with Crippen LogP contribution in [0.1, 0.15) is 44.3 Å². The molecule has 2 rings (SSSR count). The van der Waals surface area contributed by atoms with Gasteiger partial charge in [0.25, 0.3) is 0 Å². The lowest BCUT2D eigenvalue weighted by Gasteiger charge is -2.08. The van der Waals surface area contributed by atoms with Crippen LogP contribution < -0.4 is 11.1 Å².